The molecule has 0 atom stereocenters. The number of halogens is 20. The lowest BCUT2D eigenvalue weighted by Crippen LogP contribution is -2.81. The molecule has 2 N–H and O–H groups in total. The molecule has 0 aliphatic carbocycles. The fourth-order valence-electron chi connectivity index (χ4n) is 6.45. The van der Waals surface area contributed by atoms with Crippen LogP contribution in [-0.4, -0.2) is 55.8 Å². The molecule has 5 aromatic carbocycles. The first kappa shape index (κ1) is 50.6. The molecule has 0 saturated carbocycles. The second-order valence-corrected chi connectivity index (χ2v) is 17.2. The zero-order valence-corrected chi connectivity index (χ0v) is 32.1. The average molecular weight is 970 g/mol. The first-order chi connectivity index (χ1) is 29.2. The molecule has 0 aliphatic heterocycles. The van der Waals surface area contributed by atoms with Crippen LogP contribution in [0.3, 0.4) is 0 Å². The Hall–Kier alpha value is -5.02. The van der Waals surface area contributed by atoms with Gasteiger partial charge >= 0.3 is 0 Å². The lowest BCUT2D eigenvalue weighted by Gasteiger charge is -2.44. The number of rotatable bonds is 11. The van der Waals surface area contributed by atoms with E-state index in [-0.39, 0.29) is 24.1 Å². The van der Waals surface area contributed by atoms with E-state index < -0.39 is 154 Å². The van der Waals surface area contributed by atoms with Gasteiger partial charge in [-0.05, 0) is 23.0 Å². The molecule has 5 rings (SSSR count). The normalized spacial score (nSPS) is 12.0. The Morgan fingerprint density at radius 3 is 0.794 bits per heavy atom. The second kappa shape index (κ2) is 19.0. The standard InChI is InChI=1S/C24BF20.C12H19O4S2/c26-5-1(6(27)14(35)21(42)13(5)34)25(2-7(28)15(36)22(43)16(37)8(2)29,3-9(30)17(38)23(44)18(39)10(3)31)4-11(32)19(40)24(45)20(41)12(4)33;1-18(15,16)12-4-2-11(3-5-12)10-17(8-6-13)9-7-14/h;2-5,13-14H,6-10H2,1H3/q-1;+1. The molecule has 0 amide bonds. The maximum Gasteiger partial charge on any atom is 0.200 e. The summed E-state index contributed by atoms with van der Waals surface area (Å²) in [5.74, 6) is -69.3. The molecule has 0 spiro atoms. The fourth-order valence-corrected chi connectivity index (χ4v) is 8.75. The summed E-state index contributed by atoms with van der Waals surface area (Å²) in [6.45, 7) is 0.231. The molecule has 0 radical (unpaired) electrons. The molecule has 0 aromatic heterocycles. The van der Waals surface area contributed by atoms with Crippen LogP contribution in [0.25, 0.3) is 0 Å². The molecule has 0 bridgehead atoms. The van der Waals surface area contributed by atoms with Crippen molar-refractivity contribution in [1.82, 2.24) is 0 Å². The Morgan fingerprint density at radius 1 is 0.397 bits per heavy atom. The van der Waals surface area contributed by atoms with Crippen molar-refractivity contribution in [1.29, 1.82) is 0 Å². The first-order valence-corrected chi connectivity index (χ1v) is 20.2. The van der Waals surface area contributed by atoms with Crippen molar-refractivity contribution in [3.05, 3.63) is 146 Å². The number of benzene rings is 5. The van der Waals surface area contributed by atoms with Gasteiger partial charge in [0.15, 0.2) is 79.6 Å². The molecule has 0 saturated heterocycles. The van der Waals surface area contributed by atoms with Gasteiger partial charge in [-0.3, -0.25) is 0 Å². The van der Waals surface area contributed by atoms with Crippen LogP contribution in [-0.2, 0) is 26.5 Å². The molecule has 4 nitrogen and oxygen atoms in total. The summed E-state index contributed by atoms with van der Waals surface area (Å²) in [7, 11) is -3.20. The molecule has 27 heteroatoms. The van der Waals surface area contributed by atoms with Gasteiger partial charge in [-0.25, -0.2) is 96.2 Å². The molecule has 5 aromatic rings. The minimum atomic E-state index is -7.22. The van der Waals surface area contributed by atoms with E-state index in [1.165, 1.54) is 6.26 Å². The molecule has 0 heterocycles. The molecule has 0 aliphatic rings. The van der Waals surface area contributed by atoms with Gasteiger partial charge in [0.1, 0.15) is 69.9 Å². The third-order valence-electron chi connectivity index (χ3n) is 9.19. The highest BCUT2D eigenvalue weighted by atomic mass is 32.2. The largest absolute Gasteiger partial charge is 0.391 e. The number of aliphatic hydroxyl groups excluding tert-OH is 2. The number of sulfone groups is 1. The highest BCUT2D eigenvalue weighted by Gasteiger charge is 2.52. The van der Waals surface area contributed by atoms with Crippen LogP contribution < -0.4 is 21.9 Å². The van der Waals surface area contributed by atoms with E-state index in [1.54, 1.807) is 24.3 Å². The van der Waals surface area contributed by atoms with E-state index >= 15 is 35.1 Å². The maximum absolute atomic E-state index is 15.4. The monoisotopic (exact) mass is 970 g/mol. The Balaban J connectivity index is 0.000000405. The molecular weight excluding hydrogens is 951 g/mol. The Bertz CT molecular complexity index is 2330. The zero-order valence-electron chi connectivity index (χ0n) is 30.5. The second-order valence-electron chi connectivity index (χ2n) is 12.8. The lowest BCUT2D eigenvalue weighted by atomic mass is 9.12. The summed E-state index contributed by atoms with van der Waals surface area (Å²) >= 11 is 0. The van der Waals surface area contributed by atoms with E-state index in [9.17, 15) is 61.1 Å². The zero-order chi connectivity index (χ0) is 48.0. The van der Waals surface area contributed by atoms with E-state index in [1.807, 2.05) is 0 Å². The van der Waals surface area contributed by atoms with Gasteiger partial charge in [0.2, 0.25) is 0 Å². The van der Waals surface area contributed by atoms with Crippen LogP contribution in [0, 0.1) is 116 Å². The van der Waals surface area contributed by atoms with Crippen molar-refractivity contribution in [2.24, 2.45) is 0 Å². The minimum Gasteiger partial charge on any atom is -0.391 e. The summed E-state index contributed by atoms with van der Waals surface area (Å²) in [5, 5.41) is 17.9. The van der Waals surface area contributed by atoms with Gasteiger partial charge in [0.05, 0.1) is 18.1 Å². The van der Waals surface area contributed by atoms with Crippen molar-refractivity contribution in [2.45, 2.75) is 10.6 Å². The van der Waals surface area contributed by atoms with Gasteiger partial charge in [-0.2, -0.15) is 0 Å². The van der Waals surface area contributed by atoms with Crippen molar-refractivity contribution < 1.29 is 106 Å². The van der Waals surface area contributed by atoms with Crippen LogP contribution in [0.5, 0.6) is 0 Å². The smallest absolute Gasteiger partial charge is 0.200 e. The predicted octanol–water partition coefficient (Wildman–Crippen LogP) is 6.04. The third-order valence-corrected chi connectivity index (χ3v) is 12.6. The van der Waals surface area contributed by atoms with Gasteiger partial charge in [0.25, 0.3) is 0 Å². The highest BCUT2D eigenvalue weighted by Crippen LogP contribution is 2.31. The fraction of sp³-hybridized carbons (Fsp3) is 0.167. The quantitative estimate of drug-likeness (QED) is 0.0558. The van der Waals surface area contributed by atoms with Gasteiger partial charge in [0, 0.05) is 11.8 Å². The number of hydrogen-bond donors (Lipinski definition) is 2. The van der Waals surface area contributed by atoms with E-state index in [0.717, 1.165) is 11.3 Å². The van der Waals surface area contributed by atoms with E-state index in [2.05, 4.69) is 0 Å². The summed E-state index contributed by atoms with van der Waals surface area (Å²) in [4.78, 5) is 0.315. The SMILES string of the molecule is CS(=O)(=O)c1ccc(C[S+](CCO)CCO)cc1.Fc1c(F)c(F)c([B-](c2c(F)c(F)c(F)c(F)c2F)(c2c(F)c(F)c(F)c(F)c2F)c2c(F)c(F)c(F)c(F)c2F)c(F)c1F. The highest BCUT2D eigenvalue weighted by molar-refractivity contribution is 7.96. The molecule has 0 unspecified atom stereocenters. The maximum atomic E-state index is 15.4. The molecule has 63 heavy (non-hydrogen) atoms. The minimum absolute atomic E-state index is 0.0527. The van der Waals surface area contributed by atoms with Crippen LogP contribution in [0.1, 0.15) is 5.56 Å². The van der Waals surface area contributed by atoms with Crippen LogP contribution in [0.15, 0.2) is 29.2 Å². The molecular formula is C36H19BF20O4S2. The van der Waals surface area contributed by atoms with Crippen molar-refractivity contribution in [3.63, 3.8) is 0 Å². The van der Waals surface area contributed by atoms with Crippen molar-refractivity contribution in [2.75, 3.05) is 31.0 Å². The van der Waals surface area contributed by atoms with Crippen molar-refractivity contribution >= 4 is 48.7 Å². The number of hydrogen-bond acceptors (Lipinski definition) is 4. The predicted molar refractivity (Wildman–Crippen MR) is 184 cm³/mol. The summed E-state index contributed by atoms with van der Waals surface area (Å²) in [6.07, 6.45) is -6.03. The topological polar surface area (TPSA) is 74.6 Å². The summed E-state index contributed by atoms with van der Waals surface area (Å²) in [5.41, 5.74) is -13.3. The van der Waals surface area contributed by atoms with Gasteiger partial charge < -0.3 is 10.2 Å². The Morgan fingerprint density at radius 2 is 0.603 bits per heavy atom. The first-order valence-electron chi connectivity index (χ1n) is 16.6. The van der Waals surface area contributed by atoms with Gasteiger partial charge in [-0.15, -0.1) is 21.9 Å². The van der Waals surface area contributed by atoms with Crippen LogP contribution in [0.2, 0.25) is 0 Å². The van der Waals surface area contributed by atoms with Crippen LogP contribution in [0.4, 0.5) is 87.8 Å². The molecule has 0 fully saturated rings. The lowest BCUT2D eigenvalue weighted by molar-refractivity contribution is 0.316. The Labute approximate surface area is 342 Å². The van der Waals surface area contributed by atoms with E-state index in [4.69, 9.17) is 10.2 Å². The third kappa shape index (κ3) is 8.67. The Kier molecular flexibility index (Phi) is 15.3. The average Bonchev–Trinajstić information content (AvgIpc) is 3.23. The molecule has 342 valence electrons. The van der Waals surface area contributed by atoms with Gasteiger partial charge in [-0.1, -0.05) is 12.1 Å². The van der Waals surface area contributed by atoms with Crippen LogP contribution >= 0.6 is 0 Å². The summed E-state index contributed by atoms with van der Waals surface area (Å²) in [6, 6.07) is 6.80. The van der Waals surface area contributed by atoms with E-state index in [0.29, 0.717) is 16.4 Å². The summed E-state index contributed by atoms with van der Waals surface area (Å²) < 4.78 is 317. The number of aliphatic hydroxyl groups is 2. The van der Waals surface area contributed by atoms with Crippen molar-refractivity contribution in [3.8, 4) is 0 Å².